The predicted molar refractivity (Wildman–Crippen MR) is 111 cm³/mol. The lowest BCUT2D eigenvalue weighted by Gasteiger charge is -2.29. The second-order valence-electron chi connectivity index (χ2n) is 7.90. The van der Waals surface area contributed by atoms with Gasteiger partial charge in [0.05, 0.1) is 10.9 Å². The van der Waals surface area contributed by atoms with Gasteiger partial charge in [-0.25, -0.2) is 4.68 Å². The summed E-state index contributed by atoms with van der Waals surface area (Å²) in [4.78, 5) is 7.03. The van der Waals surface area contributed by atoms with E-state index >= 15 is 0 Å². The van der Waals surface area contributed by atoms with E-state index in [1.165, 1.54) is 19.4 Å². The first-order chi connectivity index (χ1) is 12.9. The minimum absolute atomic E-state index is 0.262. The van der Waals surface area contributed by atoms with Crippen LogP contribution in [0.3, 0.4) is 0 Å². The minimum atomic E-state index is 0.262. The maximum atomic E-state index is 10.5. The molecule has 0 radical (unpaired) electrons. The van der Waals surface area contributed by atoms with Crippen LogP contribution in [0.5, 0.6) is 5.75 Å². The van der Waals surface area contributed by atoms with Gasteiger partial charge in [-0.05, 0) is 56.5 Å². The zero-order valence-corrected chi connectivity index (χ0v) is 17.2. The molecule has 1 aliphatic heterocycles. The van der Waals surface area contributed by atoms with Crippen molar-refractivity contribution in [2.24, 2.45) is 0 Å². The number of anilines is 1. The Balaban J connectivity index is 1.63. The third-order valence-corrected chi connectivity index (χ3v) is 6.05. The molecule has 4 rings (SSSR count). The highest BCUT2D eigenvalue weighted by Gasteiger charge is 2.20. The number of aryl methyl sites for hydroxylation is 1. The van der Waals surface area contributed by atoms with Crippen molar-refractivity contribution in [3.63, 3.8) is 0 Å². The van der Waals surface area contributed by atoms with E-state index in [-0.39, 0.29) is 5.75 Å². The van der Waals surface area contributed by atoms with Gasteiger partial charge in [0.15, 0.2) is 10.8 Å². The number of piperidine rings is 1. The van der Waals surface area contributed by atoms with Crippen molar-refractivity contribution in [3.05, 3.63) is 29.5 Å². The van der Waals surface area contributed by atoms with Gasteiger partial charge in [0.1, 0.15) is 11.4 Å². The predicted octanol–water partition coefficient (Wildman–Crippen LogP) is 4.13. The summed E-state index contributed by atoms with van der Waals surface area (Å²) in [6.45, 7) is 8.48. The third-order valence-electron chi connectivity index (χ3n) is 5.14. The summed E-state index contributed by atoms with van der Waals surface area (Å²) in [7, 11) is 2.16. The lowest BCUT2D eigenvalue weighted by molar-refractivity contribution is 0.261. The summed E-state index contributed by atoms with van der Waals surface area (Å²) in [5, 5.41) is 19.7. The highest BCUT2D eigenvalue weighted by Crippen LogP contribution is 2.34. The van der Waals surface area contributed by atoms with Crippen LogP contribution < -0.4 is 5.32 Å². The molecular formula is C20H27N5OS. The van der Waals surface area contributed by atoms with E-state index in [9.17, 15) is 5.11 Å². The van der Waals surface area contributed by atoms with Crippen LogP contribution in [-0.2, 0) is 0 Å². The molecule has 3 aromatic rings. The Bertz CT molecular complexity index is 929. The number of hydrogen-bond acceptors (Lipinski definition) is 6. The number of hydrogen-bond donors (Lipinski definition) is 2. The maximum Gasteiger partial charge on any atom is 0.194 e. The Labute approximate surface area is 163 Å². The molecule has 3 heterocycles. The van der Waals surface area contributed by atoms with E-state index in [4.69, 9.17) is 0 Å². The summed E-state index contributed by atoms with van der Waals surface area (Å²) in [5.74, 6) is 0.555. The van der Waals surface area contributed by atoms with Gasteiger partial charge in [-0.15, -0.1) is 5.10 Å². The fraction of sp³-hybridized carbons (Fsp3) is 0.500. The molecule has 1 aromatic carbocycles. The van der Waals surface area contributed by atoms with E-state index in [0.29, 0.717) is 12.0 Å². The molecule has 2 N–H and O–H groups in total. The molecule has 1 fully saturated rings. The van der Waals surface area contributed by atoms with Crippen LogP contribution in [-0.4, -0.2) is 50.9 Å². The highest BCUT2D eigenvalue weighted by molar-refractivity contribution is 7.22. The molecule has 6 nitrogen and oxygen atoms in total. The average molecular weight is 386 g/mol. The Hall–Kier alpha value is -2.12. The monoisotopic (exact) mass is 385 g/mol. The molecule has 0 spiro atoms. The van der Waals surface area contributed by atoms with Gasteiger partial charge in [0, 0.05) is 12.6 Å². The van der Waals surface area contributed by atoms with Crippen LogP contribution in [0.4, 0.5) is 5.13 Å². The topological polar surface area (TPSA) is 66.2 Å². The second kappa shape index (κ2) is 7.13. The van der Waals surface area contributed by atoms with Crippen molar-refractivity contribution in [2.75, 3.05) is 25.5 Å². The van der Waals surface area contributed by atoms with Crippen LogP contribution in [0.2, 0.25) is 0 Å². The van der Waals surface area contributed by atoms with Gasteiger partial charge in [-0.1, -0.05) is 31.3 Å². The molecule has 0 amide bonds. The number of phenolic OH excluding ortho intramolecular Hbond substituents is 1. The van der Waals surface area contributed by atoms with Crippen LogP contribution in [0.15, 0.2) is 18.3 Å². The van der Waals surface area contributed by atoms with Crippen LogP contribution >= 0.6 is 11.3 Å². The number of likely N-dealkylation sites (N-methyl/N-ethyl adjacent to an activating group) is 1. The van der Waals surface area contributed by atoms with Gasteiger partial charge >= 0.3 is 0 Å². The molecule has 2 aromatic heterocycles. The SMILES string of the molecule is Cc1cc(O)c(-n2cc3sc(NC4CCCN(C)C4)nc3n2)c(C(C)C)c1. The Kier molecular flexibility index (Phi) is 4.82. The lowest BCUT2D eigenvalue weighted by Crippen LogP contribution is -2.39. The molecule has 1 atom stereocenters. The second-order valence-corrected chi connectivity index (χ2v) is 8.93. The normalized spacial score (nSPS) is 18.5. The van der Waals surface area contributed by atoms with E-state index in [1.54, 1.807) is 22.1 Å². The summed E-state index contributed by atoms with van der Waals surface area (Å²) in [5.41, 5.74) is 3.62. The van der Waals surface area contributed by atoms with Crippen molar-refractivity contribution in [3.8, 4) is 11.4 Å². The molecule has 27 heavy (non-hydrogen) atoms. The Morgan fingerprint density at radius 3 is 2.85 bits per heavy atom. The highest BCUT2D eigenvalue weighted by atomic mass is 32.1. The van der Waals surface area contributed by atoms with E-state index in [2.05, 4.69) is 47.3 Å². The van der Waals surface area contributed by atoms with Gasteiger partial charge in [-0.2, -0.15) is 4.98 Å². The number of phenols is 1. The molecule has 0 aliphatic carbocycles. The lowest BCUT2D eigenvalue weighted by atomic mass is 9.98. The standard InChI is InChI=1S/C20H27N5OS/c1-12(2)15-8-13(3)9-16(26)18(15)25-11-17-19(23-25)22-20(27-17)21-14-6-5-7-24(4)10-14/h8-9,11-12,14,26H,5-7,10H2,1-4H3,(H,21,22,23). The Morgan fingerprint density at radius 1 is 1.33 bits per heavy atom. The van der Waals surface area contributed by atoms with Crippen molar-refractivity contribution in [1.29, 1.82) is 0 Å². The fourth-order valence-corrected chi connectivity index (χ4v) is 4.73. The number of aromatic hydroxyl groups is 1. The molecule has 1 aliphatic rings. The molecular weight excluding hydrogens is 358 g/mol. The maximum absolute atomic E-state index is 10.5. The quantitative estimate of drug-likeness (QED) is 0.707. The summed E-state index contributed by atoms with van der Waals surface area (Å²) >= 11 is 1.63. The number of rotatable bonds is 4. The first-order valence-electron chi connectivity index (χ1n) is 9.56. The zero-order chi connectivity index (χ0) is 19.1. The number of benzene rings is 1. The van der Waals surface area contributed by atoms with E-state index in [0.717, 1.165) is 38.8 Å². The number of thiazole rings is 1. The molecule has 1 unspecified atom stereocenters. The van der Waals surface area contributed by atoms with Crippen molar-refractivity contribution >= 4 is 26.8 Å². The number of fused-ring (bicyclic) bond motifs is 1. The Morgan fingerprint density at radius 2 is 2.15 bits per heavy atom. The third kappa shape index (κ3) is 3.66. The minimum Gasteiger partial charge on any atom is -0.506 e. The zero-order valence-electron chi connectivity index (χ0n) is 16.4. The first kappa shape index (κ1) is 18.3. The van der Waals surface area contributed by atoms with Gasteiger partial charge in [-0.3, -0.25) is 0 Å². The van der Waals surface area contributed by atoms with Crippen LogP contribution in [0, 0.1) is 6.92 Å². The smallest absolute Gasteiger partial charge is 0.194 e. The van der Waals surface area contributed by atoms with Crippen molar-refractivity contribution < 1.29 is 5.11 Å². The van der Waals surface area contributed by atoms with Gasteiger partial charge < -0.3 is 15.3 Å². The first-order valence-corrected chi connectivity index (χ1v) is 10.4. The molecule has 0 bridgehead atoms. The summed E-state index contributed by atoms with van der Waals surface area (Å²) in [6.07, 6.45) is 4.37. The van der Waals surface area contributed by atoms with E-state index in [1.807, 2.05) is 13.1 Å². The van der Waals surface area contributed by atoms with E-state index < -0.39 is 0 Å². The van der Waals surface area contributed by atoms with Crippen molar-refractivity contribution in [2.45, 2.75) is 45.6 Å². The van der Waals surface area contributed by atoms with Crippen LogP contribution in [0.25, 0.3) is 16.0 Å². The molecule has 0 saturated carbocycles. The average Bonchev–Trinajstić information content (AvgIpc) is 3.12. The van der Waals surface area contributed by atoms with Crippen LogP contribution in [0.1, 0.15) is 43.7 Å². The molecule has 144 valence electrons. The summed E-state index contributed by atoms with van der Waals surface area (Å²) in [6, 6.07) is 4.35. The number of aromatic nitrogens is 3. The number of nitrogens with zero attached hydrogens (tertiary/aromatic N) is 4. The van der Waals surface area contributed by atoms with Crippen molar-refractivity contribution in [1.82, 2.24) is 19.7 Å². The molecule has 7 heteroatoms. The molecule has 1 saturated heterocycles. The number of likely N-dealkylation sites (tertiary alicyclic amines) is 1. The fourth-order valence-electron chi connectivity index (χ4n) is 3.83. The van der Waals surface area contributed by atoms with Gasteiger partial charge in [0.25, 0.3) is 0 Å². The summed E-state index contributed by atoms with van der Waals surface area (Å²) < 4.78 is 2.80. The largest absolute Gasteiger partial charge is 0.506 e. The van der Waals surface area contributed by atoms with Gasteiger partial charge in [0.2, 0.25) is 0 Å². The number of nitrogens with one attached hydrogen (secondary N) is 1.